The minimum absolute atomic E-state index is 0.0857. The van der Waals surface area contributed by atoms with E-state index >= 15 is 0 Å². The van der Waals surface area contributed by atoms with Crippen LogP contribution in [0.25, 0.3) is 0 Å². The molecular weight excluding hydrogens is 559 g/mol. The fourth-order valence-electron chi connectivity index (χ4n) is 2.55. The van der Waals surface area contributed by atoms with Gasteiger partial charge in [-0.15, -0.1) is 0 Å². The van der Waals surface area contributed by atoms with Crippen LogP contribution in [0.15, 0.2) is 60.7 Å². The number of hydrogen-bond acceptors (Lipinski definition) is 8. The Morgan fingerprint density at radius 1 is 0.629 bits per heavy atom. The van der Waals surface area contributed by atoms with E-state index in [1.807, 2.05) is 0 Å². The van der Waals surface area contributed by atoms with Crippen LogP contribution >= 0.6 is 0 Å². The summed E-state index contributed by atoms with van der Waals surface area (Å²) >= 11 is -0.517. The van der Waals surface area contributed by atoms with E-state index in [1.165, 1.54) is 21.0 Å². The van der Waals surface area contributed by atoms with Crippen molar-refractivity contribution in [3.05, 3.63) is 60.7 Å². The van der Waals surface area contributed by atoms with Gasteiger partial charge in [-0.1, -0.05) is 13.8 Å². The Balaban J connectivity index is 0.000000500. The number of carboxylic acid groups (broad SMARTS) is 4. The Kier molecular flexibility index (Phi) is 17.8. The van der Waals surface area contributed by atoms with Crippen molar-refractivity contribution in [2.24, 2.45) is 11.8 Å². The molecule has 0 bridgehead atoms. The number of carboxylic acids is 4. The van der Waals surface area contributed by atoms with Crippen LogP contribution in [0.1, 0.15) is 52.4 Å². The van der Waals surface area contributed by atoms with Gasteiger partial charge in [0.15, 0.2) is 0 Å². The third-order valence-corrected chi connectivity index (χ3v) is 8.23. The van der Waals surface area contributed by atoms with E-state index in [0.29, 0.717) is 25.7 Å². The summed E-state index contributed by atoms with van der Waals surface area (Å²) in [7, 11) is 0. The van der Waals surface area contributed by atoms with E-state index in [1.54, 1.807) is 0 Å². The first-order valence-electron chi connectivity index (χ1n) is 11.2. The van der Waals surface area contributed by atoms with E-state index < -0.39 is 56.9 Å². The number of carbonyl (C=O) groups is 4. The number of aliphatic carboxylic acids is 4. The third kappa shape index (κ3) is 19.2. The first-order chi connectivity index (χ1) is 16.5. The molecule has 186 valence electrons. The average Bonchev–Trinajstić information content (AvgIpc) is 2.80. The van der Waals surface area contributed by atoms with Gasteiger partial charge in [0.05, 0.1) is 0 Å². The first-order valence-corrected chi connectivity index (χ1v) is 14.1. The molecule has 6 radical (unpaired) electrons. The van der Waals surface area contributed by atoms with Crippen molar-refractivity contribution >= 4 is 52.2 Å². The summed E-state index contributed by atoms with van der Waals surface area (Å²) in [5.74, 6) is -5.71. The molecule has 0 saturated carbocycles. The molecule has 2 rings (SSSR count). The van der Waals surface area contributed by atoms with E-state index in [9.17, 15) is 39.6 Å². The van der Waals surface area contributed by atoms with Crippen molar-refractivity contribution in [1.29, 1.82) is 0 Å². The maximum absolute atomic E-state index is 10.1. The van der Waals surface area contributed by atoms with Gasteiger partial charge in [0.1, 0.15) is 0 Å². The van der Waals surface area contributed by atoms with Crippen LogP contribution in [-0.2, 0) is 19.2 Å². The monoisotopic (exact) mass is 590 g/mol. The molecule has 8 nitrogen and oxygen atoms in total. The van der Waals surface area contributed by atoms with Gasteiger partial charge < -0.3 is 39.6 Å². The molecule has 0 heterocycles. The van der Waals surface area contributed by atoms with E-state index in [-0.39, 0.29) is 12.8 Å². The number of rotatable bonds is 12. The third-order valence-electron chi connectivity index (χ3n) is 4.68. The molecule has 35 heavy (non-hydrogen) atoms. The van der Waals surface area contributed by atoms with Crippen molar-refractivity contribution in [3.63, 3.8) is 0 Å². The molecule has 2 aromatic rings. The molecule has 2 atom stereocenters. The molecule has 0 aromatic heterocycles. The Labute approximate surface area is 216 Å². The van der Waals surface area contributed by atoms with Crippen LogP contribution in [0.4, 0.5) is 0 Å². The van der Waals surface area contributed by atoms with Gasteiger partial charge >= 0.3 is 89.0 Å². The van der Waals surface area contributed by atoms with Crippen LogP contribution < -0.4 is 27.6 Å². The zero-order chi connectivity index (χ0) is 26.6. The predicted octanol–water partition coefficient (Wildman–Crippen LogP) is -2.07. The second-order valence-electron chi connectivity index (χ2n) is 7.83. The second-order valence-corrected chi connectivity index (χ2v) is 11.8. The van der Waals surface area contributed by atoms with Crippen molar-refractivity contribution in [1.82, 2.24) is 0 Å². The van der Waals surface area contributed by atoms with Gasteiger partial charge in [-0.05, 0) is 50.4 Å². The first kappa shape index (κ1) is 32.1. The summed E-state index contributed by atoms with van der Waals surface area (Å²) in [5.41, 5.74) is 0. The molecule has 0 spiro atoms. The fraction of sp³-hybridized carbons (Fsp3) is 0.385. The molecule has 0 N–H and O–H groups in total. The Morgan fingerprint density at radius 2 is 0.943 bits per heavy atom. The number of benzene rings is 2. The Bertz CT molecular complexity index is 813. The molecule has 0 saturated heterocycles. The van der Waals surface area contributed by atoms with Crippen molar-refractivity contribution < 1.29 is 39.6 Å². The average molecular weight is 589 g/mol. The summed E-state index contributed by atoms with van der Waals surface area (Å²) < 4.78 is 3.08. The molecular formula is C26H30O8Sn. The molecule has 9 heteroatoms. The topological polar surface area (TPSA) is 161 Å². The quantitative estimate of drug-likeness (QED) is 0.255. The minimum atomic E-state index is -1.14. The number of carbonyl (C=O) groups excluding carboxylic acids is 4. The number of hydrogen-bond donors (Lipinski definition) is 0. The molecule has 0 aliphatic rings. The molecule has 0 aliphatic carbocycles. The molecule has 2 unspecified atom stereocenters. The van der Waals surface area contributed by atoms with E-state index in [0.717, 1.165) is 0 Å². The second kappa shape index (κ2) is 19.4. The fourth-order valence-corrected chi connectivity index (χ4v) is 5.55. The zero-order valence-electron chi connectivity index (χ0n) is 19.9. The van der Waals surface area contributed by atoms with Crippen LogP contribution in [-0.4, -0.2) is 45.0 Å². The van der Waals surface area contributed by atoms with Gasteiger partial charge in [0.25, 0.3) is 0 Å². The standard InChI is InChI=1S/2C7H12O4.2C6H5.Sn/c2*1-5(7(10)11)3-2-4-6(8)9;2*1-2-4-6-5-3-1;/h2*5H,2-4H2,1H3,(H,8,9)(H,10,11);2*1-5H;/q;;;;+4/p-4. The molecule has 0 amide bonds. The summed E-state index contributed by atoms with van der Waals surface area (Å²) in [6, 6.07) is 21.6. The normalized spacial score (nSPS) is 11.5. The summed E-state index contributed by atoms with van der Waals surface area (Å²) in [6.45, 7) is 2.98. The van der Waals surface area contributed by atoms with Crippen molar-refractivity contribution in [2.45, 2.75) is 52.4 Å². The van der Waals surface area contributed by atoms with Gasteiger partial charge in [0, 0.05) is 23.9 Å². The van der Waals surface area contributed by atoms with E-state index in [4.69, 9.17) is 0 Å². The summed E-state index contributed by atoms with van der Waals surface area (Å²) in [4.78, 5) is 40.0. The van der Waals surface area contributed by atoms with Gasteiger partial charge in [0.2, 0.25) is 0 Å². The van der Waals surface area contributed by atoms with Crippen LogP contribution in [0.3, 0.4) is 0 Å². The molecule has 0 aliphatic heterocycles. The van der Waals surface area contributed by atoms with E-state index in [2.05, 4.69) is 60.7 Å². The SMILES string of the molecule is CC(CCCC(=O)[O-])C(=O)[O-].CC(CCCC(=O)[O-])C(=O)[O-].c1cc[c]([Sn+4][c]2ccccc2)cc1. The summed E-state index contributed by atoms with van der Waals surface area (Å²) in [5, 5.41) is 40.0. The van der Waals surface area contributed by atoms with Gasteiger partial charge in [-0.3, -0.25) is 0 Å². The molecule has 2 aromatic carbocycles. The van der Waals surface area contributed by atoms with Crippen LogP contribution in [0, 0.1) is 11.8 Å². The van der Waals surface area contributed by atoms with Gasteiger partial charge in [-0.2, -0.15) is 0 Å². The Morgan fingerprint density at radius 3 is 1.20 bits per heavy atom. The van der Waals surface area contributed by atoms with Crippen molar-refractivity contribution in [2.75, 3.05) is 0 Å². The van der Waals surface area contributed by atoms with Crippen LogP contribution in [0.2, 0.25) is 0 Å². The maximum atomic E-state index is 10.1. The van der Waals surface area contributed by atoms with Crippen LogP contribution in [0.5, 0.6) is 0 Å². The summed E-state index contributed by atoms with van der Waals surface area (Å²) in [6.07, 6.45) is 1.15. The van der Waals surface area contributed by atoms with Gasteiger partial charge in [-0.25, -0.2) is 0 Å². The zero-order valence-corrected chi connectivity index (χ0v) is 22.8. The van der Waals surface area contributed by atoms with Crippen molar-refractivity contribution in [3.8, 4) is 0 Å². The predicted molar refractivity (Wildman–Crippen MR) is 124 cm³/mol. The molecule has 0 fully saturated rings. The Hall–Kier alpha value is -2.88.